The summed E-state index contributed by atoms with van der Waals surface area (Å²) < 4.78 is 11.0. The van der Waals surface area contributed by atoms with Gasteiger partial charge in [0, 0.05) is 0 Å². The number of methoxy groups -OCH3 is 1. The standard InChI is InChI=1S/C15H22O3/c1-17-14-8-4-5-9-15(14)18-11-10-12-6-2-3-7-13(12)16/h4-5,8-9,12-13,16H,2-3,6-7,10-11H2,1H3. The molecule has 0 saturated heterocycles. The van der Waals surface area contributed by atoms with Gasteiger partial charge in [-0.2, -0.15) is 0 Å². The second-order valence-electron chi connectivity index (χ2n) is 4.90. The van der Waals surface area contributed by atoms with E-state index in [4.69, 9.17) is 9.47 Å². The normalized spacial score (nSPS) is 23.7. The van der Waals surface area contributed by atoms with Crippen molar-refractivity contribution in [2.75, 3.05) is 13.7 Å². The van der Waals surface area contributed by atoms with Crippen molar-refractivity contribution in [1.82, 2.24) is 0 Å². The topological polar surface area (TPSA) is 38.7 Å². The van der Waals surface area contributed by atoms with E-state index in [1.54, 1.807) is 7.11 Å². The molecule has 3 heteroatoms. The molecule has 1 saturated carbocycles. The molecular weight excluding hydrogens is 228 g/mol. The second-order valence-corrected chi connectivity index (χ2v) is 4.90. The third-order valence-corrected chi connectivity index (χ3v) is 3.68. The first-order valence-electron chi connectivity index (χ1n) is 6.75. The van der Waals surface area contributed by atoms with Crippen LogP contribution in [0.3, 0.4) is 0 Å². The molecule has 2 rings (SSSR count). The lowest BCUT2D eigenvalue weighted by Gasteiger charge is -2.27. The van der Waals surface area contributed by atoms with E-state index in [1.165, 1.54) is 6.42 Å². The average Bonchev–Trinajstić information content (AvgIpc) is 2.41. The molecular formula is C15H22O3. The third-order valence-electron chi connectivity index (χ3n) is 3.68. The molecule has 100 valence electrons. The van der Waals surface area contributed by atoms with Crippen LogP contribution in [0.1, 0.15) is 32.1 Å². The van der Waals surface area contributed by atoms with E-state index in [1.807, 2.05) is 24.3 Å². The van der Waals surface area contributed by atoms with Crippen molar-refractivity contribution in [3.8, 4) is 11.5 Å². The lowest BCUT2D eigenvalue weighted by Crippen LogP contribution is -2.25. The van der Waals surface area contributed by atoms with Crippen molar-refractivity contribution in [2.24, 2.45) is 5.92 Å². The van der Waals surface area contributed by atoms with E-state index in [-0.39, 0.29) is 6.10 Å². The Labute approximate surface area is 109 Å². The summed E-state index contributed by atoms with van der Waals surface area (Å²) in [7, 11) is 1.65. The summed E-state index contributed by atoms with van der Waals surface area (Å²) in [6, 6.07) is 7.67. The fourth-order valence-electron chi connectivity index (χ4n) is 2.58. The van der Waals surface area contributed by atoms with Crippen molar-refractivity contribution < 1.29 is 14.6 Å². The van der Waals surface area contributed by atoms with E-state index < -0.39 is 0 Å². The van der Waals surface area contributed by atoms with Crippen LogP contribution >= 0.6 is 0 Å². The van der Waals surface area contributed by atoms with Crippen LogP contribution in [0.5, 0.6) is 11.5 Å². The van der Waals surface area contributed by atoms with Crippen LogP contribution in [-0.2, 0) is 0 Å². The van der Waals surface area contributed by atoms with Gasteiger partial charge in [0.05, 0.1) is 19.8 Å². The molecule has 1 N–H and O–H groups in total. The maximum absolute atomic E-state index is 9.89. The summed E-state index contributed by atoms with van der Waals surface area (Å²) in [5.41, 5.74) is 0. The van der Waals surface area contributed by atoms with Crippen LogP contribution in [0.4, 0.5) is 0 Å². The molecule has 0 bridgehead atoms. The Morgan fingerprint density at radius 2 is 1.89 bits per heavy atom. The molecule has 1 aliphatic carbocycles. The lowest BCUT2D eigenvalue weighted by molar-refractivity contribution is 0.0570. The first-order chi connectivity index (χ1) is 8.81. The third kappa shape index (κ3) is 3.39. The summed E-state index contributed by atoms with van der Waals surface area (Å²) in [6.07, 6.45) is 5.23. The summed E-state index contributed by atoms with van der Waals surface area (Å²) >= 11 is 0. The molecule has 0 amide bonds. The Kier molecular flexibility index (Phi) is 4.88. The first-order valence-corrected chi connectivity index (χ1v) is 6.75. The number of aliphatic hydroxyl groups excluding tert-OH is 1. The number of benzene rings is 1. The summed E-state index contributed by atoms with van der Waals surface area (Å²) in [5.74, 6) is 1.94. The number of hydrogen-bond donors (Lipinski definition) is 1. The fourth-order valence-corrected chi connectivity index (χ4v) is 2.58. The first kappa shape index (κ1) is 13.2. The van der Waals surface area contributed by atoms with E-state index in [0.717, 1.165) is 37.2 Å². The number of rotatable bonds is 5. The highest BCUT2D eigenvalue weighted by Gasteiger charge is 2.22. The van der Waals surface area contributed by atoms with Gasteiger partial charge in [-0.05, 0) is 37.3 Å². The molecule has 18 heavy (non-hydrogen) atoms. The van der Waals surface area contributed by atoms with Crippen LogP contribution in [0.15, 0.2) is 24.3 Å². The van der Waals surface area contributed by atoms with E-state index in [2.05, 4.69) is 0 Å². The van der Waals surface area contributed by atoms with Crippen molar-refractivity contribution in [3.05, 3.63) is 24.3 Å². The van der Waals surface area contributed by atoms with Gasteiger partial charge in [0.15, 0.2) is 11.5 Å². The minimum atomic E-state index is -0.139. The zero-order chi connectivity index (χ0) is 12.8. The van der Waals surface area contributed by atoms with Crippen LogP contribution in [0, 0.1) is 5.92 Å². The fraction of sp³-hybridized carbons (Fsp3) is 0.600. The Bertz CT molecular complexity index is 365. The number of para-hydroxylation sites is 2. The van der Waals surface area contributed by atoms with E-state index in [9.17, 15) is 5.11 Å². The van der Waals surface area contributed by atoms with Gasteiger partial charge in [-0.25, -0.2) is 0 Å². The SMILES string of the molecule is COc1ccccc1OCCC1CCCCC1O. The van der Waals surface area contributed by atoms with E-state index >= 15 is 0 Å². The van der Waals surface area contributed by atoms with Gasteiger partial charge in [-0.1, -0.05) is 25.0 Å². The van der Waals surface area contributed by atoms with Gasteiger partial charge in [0.25, 0.3) is 0 Å². The molecule has 3 nitrogen and oxygen atoms in total. The Morgan fingerprint density at radius 1 is 1.17 bits per heavy atom. The van der Waals surface area contributed by atoms with Gasteiger partial charge >= 0.3 is 0 Å². The smallest absolute Gasteiger partial charge is 0.161 e. The highest BCUT2D eigenvalue weighted by molar-refractivity contribution is 5.39. The highest BCUT2D eigenvalue weighted by atomic mass is 16.5. The zero-order valence-electron chi connectivity index (χ0n) is 11.0. The van der Waals surface area contributed by atoms with Crippen molar-refractivity contribution in [2.45, 2.75) is 38.2 Å². The minimum absolute atomic E-state index is 0.139. The predicted octanol–water partition coefficient (Wildman–Crippen LogP) is 3.02. The molecule has 1 aromatic rings. The van der Waals surface area contributed by atoms with Gasteiger partial charge in [0.2, 0.25) is 0 Å². The molecule has 0 spiro atoms. The number of ether oxygens (including phenoxy) is 2. The zero-order valence-corrected chi connectivity index (χ0v) is 11.0. The second kappa shape index (κ2) is 6.64. The van der Waals surface area contributed by atoms with Gasteiger partial charge in [-0.3, -0.25) is 0 Å². The van der Waals surface area contributed by atoms with Gasteiger partial charge in [0.1, 0.15) is 0 Å². The molecule has 1 aromatic carbocycles. The largest absolute Gasteiger partial charge is 0.493 e. The van der Waals surface area contributed by atoms with Crippen LogP contribution in [0.25, 0.3) is 0 Å². The molecule has 0 heterocycles. The van der Waals surface area contributed by atoms with Crippen molar-refractivity contribution in [1.29, 1.82) is 0 Å². The van der Waals surface area contributed by atoms with E-state index in [0.29, 0.717) is 12.5 Å². The van der Waals surface area contributed by atoms with Gasteiger partial charge < -0.3 is 14.6 Å². The molecule has 1 fully saturated rings. The maximum Gasteiger partial charge on any atom is 0.161 e. The molecule has 2 atom stereocenters. The quantitative estimate of drug-likeness (QED) is 0.873. The van der Waals surface area contributed by atoms with Crippen molar-refractivity contribution in [3.63, 3.8) is 0 Å². The van der Waals surface area contributed by atoms with Gasteiger partial charge in [-0.15, -0.1) is 0 Å². The van der Waals surface area contributed by atoms with Crippen LogP contribution < -0.4 is 9.47 Å². The Hall–Kier alpha value is -1.22. The van der Waals surface area contributed by atoms with Crippen LogP contribution in [-0.4, -0.2) is 24.9 Å². The molecule has 0 aliphatic heterocycles. The summed E-state index contributed by atoms with van der Waals surface area (Å²) in [6.45, 7) is 0.641. The summed E-state index contributed by atoms with van der Waals surface area (Å²) in [4.78, 5) is 0. The van der Waals surface area contributed by atoms with Crippen molar-refractivity contribution >= 4 is 0 Å². The molecule has 2 unspecified atom stereocenters. The average molecular weight is 250 g/mol. The monoisotopic (exact) mass is 250 g/mol. The lowest BCUT2D eigenvalue weighted by atomic mass is 9.85. The highest BCUT2D eigenvalue weighted by Crippen LogP contribution is 2.29. The minimum Gasteiger partial charge on any atom is -0.493 e. The molecule has 0 radical (unpaired) electrons. The maximum atomic E-state index is 9.89. The van der Waals surface area contributed by atoms with Crippen LogP contribution in [0.2, 0.25) is 0 Å². The summed E-state index contributed by atoms with van der Waals surface area (Å²) in [5, 5.41) is 9.89. The Balaban J connectivity index is 1.80. The Morgan fingerprint density at radius 3 is 2.61 bits per heavy atom. The number of aliphatic hydroxyl groups is 1. The number of hydrogen-bond acceptors (Lipinski definition) is 3. The molecule has 0 aromatic heterocycles. The molecule has 1 aliphatic rings. The predicted molar refractivity (Wildman–Crippen MR) is 71.1 cm³/mol.